The Balaban J connectivity index is 2.21. The Hall–Kier alpha value is -2.34. The summed E-state index contributed by atoms with van der Waals surface area (Å²) < 4.78 is 28.2. The van der Waals surface area contributed by atoms with E-state index in [1.165, 1.54) is 24.3 Å². The molecule has 0 saturated heterocycles. The van der Waals surface area contributed by atoms with Gasteiger partial charge >= 0.3 is 0 Å². The zero-order chi connectivity index (χ0) is 15.7. The van der Waals surface area contributed by atoms with Crippen LogP contribution in [-0.4, -0.2) is 22.8 Å². The zero-order valence-corrected chi connectivity index (χ0v) is 13.3. The van der Waals surface area contributed by atoms with Gasteiger partial charge in [0.25, 0.3) is 0 Å². The van der Waals surface area contributed by atoms with Gasteiger partial charge in [0.1, 0.15) is 23.4 Å². The molecule has 6 heteroatoms. The van der Waals surface area contributed by atoms with E-state index in [4.69, 9.17) is 0 Å². The van der Waals surface area contributed by atoms with Crippen molar-refractivity contribution in [3.8, 4) is 0 Å². The molecule has 0 aliphatic rings. The minimum Gasteiger partial charge on any atom is -0.256 e. The lowest BCUT2D eigenvalue weighted by molar-refractivity contribution is 0.628. The number of halogens is 2. The van der Waals surface area contributed by atoms with Crippen LogP contribution in [0.1, 0.15) is 0 Å². The number of rotatable bonds is 3. The molecule has 1 aromatic heterocycles. The van der Waals surface area contributed by atoms with E-state index >= 15 is 0 Å². The third-order valence-electron chi connectivity index (χ3n) is 3.89. The summed E-state index contributed by atoms with van der Waals surface area (Å²) in [6, 6.07) is 12.8. The molecular weight excluding hydrogens is 300 g/mol. The maximum atomic E-state index is 13.3. The SMILES string of the molecule is Cn1cnc([Si](C)(c2ccc(F)cc2)c2ccc(F)cc2)n1. The summed E-state index contributed by atoms with van der Waals surface area (Å²) in [6.45, 7) is 2.09. The quantitative estimate of drug-likeness (QED) is 0.680. The highest BCUT2D eigenvalue weighted by atomic mass is 28.3. The Morgan fingerprint density at radius 2 is 1.32 bits per heavy atom. The molecule has 0 saturated carbocycles. The zero-order valence-electron chi connectivity index (χ0n) is 12.3. The number of benzene rings is 2. The van der Waals surface area contributed by atoms with Gasteiger partial charge in [0.15, 0.2) is 8.07 Å². The molecule has 0 aliphatic carbocycles. The molecule has 0 fully saturated rings. The fourth-order valence-electron chi connectivity index (χ4n) is 2.56. The fraction of sp³-hybridized carbons (Fsp3) is 0.125. The van der Waals surface area contributed by atoms with Gasteiger partial charge < -0.3 is 0 Å². The molecule has 1 heterocycles. The summed E-state index contributed by atoms with van der Waals surface area (Å²) in [5.41, 5.74) is 0.716. The maximum absolute atomic E-state index is 13.3. The van der Waals surface area contributed by atoms with Crippen LogP contribution in [0.25, 0.3) is 0 Å². The molecule has 0 spiro atoms. The lowest BCUT2D eigenvalue weighted by Gasteiger charge is -2.25. The van der Waals surface area contributed by atoms with Gasteiger partial charge in [0.05, 0.1) is 0 Å². The fourth-order valence-corrected chi connectivity index (χ4v) is 5.75. The van der Waals surface area contributed by atoms with Gasteiger partial charge in [0.2, 0.25) is 0 Å². The Morgan fingerprint density at radius 1 is 0.864 bits per heavy atom. The van der Waals surface area contributed by atoms with Crippen LogP contribution in [0.5, 0.6) is 0 Å². The molecule has 0 radical (unpaired) electrons. The molecule has 3 nitrogen and oxygen atoms in total. The predicted molar refractivity (Wildman–Crippen MR) is 84.3 cm³/mol. The van der Waals surface area contributed by atoms with E-state index in [-0.39, 0.29) is 11.6 Å². The second kappa shape index (κ2) is 5.45. The summed E-state index contributed by atoms with van der Waals surface area (Å²) in [5.74, 6) is -0.568. The number of aryl methyl sites for hydroxylation is 1. The van der Waals surface area contributed by atoms with Crippen LogP contribution in [0.15, 0.2) is 54.9 Å². The van der Waals surface area contributed by atoms with Crippen LogP contribution >= 0.6 is 0 Å². The molecule has 0 unspecified atom stereocenters. The van der Waals surface area contributed by atoms with Gasteiger partial charge in [-0.2, -0.15) is 5.10 Å². The lowest BCUT2D eigenvalue weighted by atomic mass is 10.3. The third kappa shape index (κ3) is 2.46. The molecule has 22 heavy (non-hydrogen) atoms. The second-order valence-electron chi connectivity index (χ2n) is 5.38. The van der Waals surface area contributed by atoms with Gasteiger partial charge in [-0.3, -0.25) is 4.68 Å². The average Bonchev–Trinajstić information content (AvgIpc) is 2.95. The van der Waals surface area contributed by atoms with Crippen molar-refractivity contribution >= 4 is 23.9 Å². The standard InChI is InChI=1S/C16H15F2N3Si/c1-21-11-19-16(20-21)22(2,14-7-3-12(17)4-8-14)15-9-5-13(18)6-10-15/h3-11H,1-2H3. The van der Waals surface area contributed by atoms with Gasteiger partial charge in [-0.25, -0.2) is 13.8 Å². The lowest BCUT2D eigenvalue weighted by Crippen LogP contribution is -2.66. The maximum Gasteiger partial charge on any atom is 0.195 e. The summed E-state index contributed by atoms with van der Waals surface area (Å²) in [6.07, 6.45) is 1.65. The number of nitrogens with zero attached hydrogens (tertiary/aromatic N) is 3. The summed E-state index contributed by atoms with van der Waals surface area (Å²) in [7, 11) is -0.673. The van der Waals surface area contributed by atoms with E-state index in [1.54, 1.807) is 42.3 Å². The molecule has 112 valence electrons. The Morgan fingerprint density at radius 3 is 1.68 bits per heavy atom. The van der Waals surface area contributed by atoms with Gasteiger partial charge in [-0.1, -0.05) is 30.8 Å². The van der Waals surface area contributed by atoms with Crippen molar-refractivity contribution < 1.29 is 8.78 Å². The van der Waals surface area contributed by atoms with Crippen molar-refractivity contribution in [2.24, 2.45) is 7.05 Å². The molecular formula is C16H15F2N3Si. The normalized spacial score (nSPS) is 11.6. The van der Waals surface area contributed by atoms with Crippen molar-refractivity contribution in [3.05, 3.63) is 66.5 Å². The van der Waals surface area contributed by atoms with Crippen molar-refractivity contribution in [1.82, 2.24) is 14.8 Å². The molecule has 0 atom stereocenters. The van der Waals surface area contributed by atoms with Gasteiger partial charge in [-0.15, -0.1) is 0 Å². The van der Waals surface area contributed by atoms with Crippen LogP contribution in [0.2, 0.25) is 6.55 Å². The predicted octanol–water partition coefficient (Wildman–Crippen LogP) is 1.19. The van der Waals surface area contributed by atoms with Crippen LogP contribution in [0, 0.1) is 11.6 Å². The van der Waals surface area contributed by atoms with E-state index in [0.717, 1.165) is 10.4 Å². The number of hydrogen-bond donors (Lipinski definition) is 0. The minimum atomic E-state index is -2.48. The molecule has 0 N–H and O–H groups in total. The van der Waals surface area contributed by atoms with Crippen LogP contribution in [-0.2, 0) is 7.05 Å². The van der Waals surface area contributed by atoms with E-state index in [1.807, 2.05) is 0 Å². The highest BCUT2D eigenvalue weighted by Gasteiger charge is 2.38. The van der Waals surface area contributed by atoms with Crippen LogP contribution < -0.4 is 15.8 Å². The van der Waals surface area contributed by atoms with Crippen molar-refractivity contribution in [1.29, 1.82) is 0 Å². The monoisotopic (exact) mass is 315 g/mol. The Kier molecular flexibility index (Phi) is 3.62. The van der Waals surface area contributed by atoms with Crippen molar-refractivity contribution in [2.45, 2.75) is 6.55 Å². The number of aromatic nitrogens is 3. The first-order valence-electron chi connectivity index (χ1n) is 6.88. The first-order valence-corrected chi connectivity index (χ1v) is 9.38. The molecule has 3 aromatic rings. The number of hydrogen-bond acceptors (Lipinski definition) is 2. The highest BCUT2D eigenvalue weighted by molar-refractivity contribution is 7.09. The van der Waals surface area contributed by atoms with E-state index in [9.17, 15) is 8.78 Å². The minimum absolute atomic E-state index is 0.284. The second-order valence-corrected chi connectivity index (χ2v) is 9.23. The van der Waals surface area contributed by atoms with E-state index in [2.05, 4.69) is 16.6 Å². The average molecular weight is 315 g/mol. The largest absolute Gasteiger partial charge is 0.256 e. The molecule has 2 aromatic carbocycles. The van der Waals surface area contributed by atoms with Crippen LogP contribution in [0.4, 0.5) is 8.78 Å². The Bertz CT molecular complexity index is 736. The first-order chi connectivity index (χ1) is 10.5. The topological polar surface area (TPSA) is 30.7 Å². The van der Waals surface area contributed by atoms with Crippen LogP contribution in [0.3, 0.4) is 0 Å². The van der Waals surface area contributed by atoms with Gasteiger partial charge in [0, 0.05) is 7.05 Å². The van der Waals surface area contributed by atoms with Crippen molar-refractivity contribution in [2.75, 3.05) is 0 Å². The van der Waals surface area contributed by atoms with Crippen molar-refractivity contribution in [3.63, 3.8) is 0 Å². The summed E-state index contributed by atoms with van der Waals surface area (Å²) >= 11 is 0. The smallest absolute Gasteiger partial charge is 0.195 e. The molecule has 0 aliphatic heterocycles. The molecule has 0 bridgehead atoms. The molecule has 3 rings (SSSR count). The van der Waals surface area contributed by atoms with E-state index < -0.39 is 8.07 Å². The highest BCUT2D eigenvalue weighted by Crippen LogP contribution is 2.07. The van der Waals surface area contributed by atoms with E-state index in [0.29, 0.717) is 5.45 Å². The molecule has 0 amide bonds. The third-order valence-corrected chi connectivity index (χ3v) is 7.99. The summed E-state index contributed by atoms with van der Waals surface area (Å²) in [5, 5.41) is 6.42. The summed E-state index contributed by atoms with van der Waals surface area (Å²) in [4.78, 5) is 4.41. The Labute approximate surface area is 128 Å². The first kappa shape index (κ1) is 14.6. The van der Waals surface area contributed by atoms with Gasteiger partial charge in [-0.05, 0) is 34.6 Å².